The summed E-state index contributed by atoms with van der Waals surface area (Å²) >= 11 is 0. The summed E-state index contributed by atoms with van der Waals surface area (Å²) in [6, 6.07) is 3.18. The monoisotopic (exact) mass is 177 g/mol. The molecule has 0 saturated carbocycles. The summed E-state index contributed by atoms with van der Waals surface area (Å²) in [5.74, 6) is -0.401. The van der Waals surface area contributed by atoms with E-state index in [4.69, 9.17) is 1.37 Å². The molecule has 2 aromatic heterocycles. The highest BCUT2D eigenvalue weighted by molar-refractivity contribution is 5.90. The van der Waals surface area contributed by atoms with Gasteiger partial charge < -0.3 is 9.14 Å². The van der Waals surface area contributed by atoms with Gasteiger partial charge in [0.1, 0.15) is 5.65 Å². The highest BCUT2D eigenvalue weighted by Crippen LogP contribution is 2.06. The number of imidazole rings is 1. The molecule has 2 aromatic rings. The number of aromatic nitrogens is 2. The standard InChI is InChI=1S/C9H8N2O2/c1-13-9(12)7-2-4-11-5-3-10-8(11)6-7/h2-6H,1H3/i5D. The molecule has 0 aliphatic carbocycles. The smallest absolute Gasteiger partial charge is 0.338 e. The maximum absolute atomic E-state index is 11.2. The largest absolute Gasteiger partial charge is 0.465 e. The van der Waals surface area contributed by atoms with E-state index in [1.54, 1.807) is 22.7 Å². The summed E-state index contributed by atoms with van der Waals surface area (Å²) in [5.41, 5.74) is 1.00. The van der Waals surface area contributed by atoms with Crippen LogP contribution in [-0.2, 0) is 4.74 Å². The molecule has 66 valence electrons. The van der Waals surface area contributed by atoms with Crippen LogP contribution in [0.3, 0.4) is 0 Å². The molecule has 4 heteroatoms. The van der Waals surface area contributed by atoms with E-state index in [9.17, 15) is 4.79 Å². The number of carbonyl (C=O) groups is 1. The van der Waals surface area contributed by atoms with Crippen LogP contribution in [0.25, 0.3) is 5.65 Å². The molecule has 0 saturated heterocycles. The zero-order valence-electron chi connectivity index (χ0n) is 8.02. The van der Waals surface area contributed by atoms with Gasteiger partial charge in [0.2, 0.25) is 0 Å². The first-order valence-corrected chi connectivity index (χ1v) is 3.74. The van der Waals surface area contributed by atoms with Gasteiger partial charge in [0.05, 0.1) is 14.0 Å². The maximum atomic E-state index is 11.2. The molecule has 0 unspecified atom stereocenters. The van der Waals surface area contributed by atoms with Gasteiger partial charge in [0.15, 0.2) is 0 Å². The fourth-order valence-corrected chi connectivity index (χ4v) is 1.10. The van der Waals surface area contributed by atoms with Crippen molar-refractivity contribution in [2.45, 2.75) is 0 Å². The Kier molecular flexibility index (Phi) is 1.48. The molecule has 0 radical (unpaired) electrons. The molecular weight excluding hydrogens is 168 g/mol. The van der Waals surface area contributed by atoms with Gasteiger partial charge in [-0.1, -0.05) is 0 Å². The summed E-state index contributed by atoms with van der Waals surface area (Å²) in [6.07, 6.45) is 3.34. The average molecular weight is 177 g/mol. The van der Waals surface area contributed by atoms with Crippen molar-refractivity contribution in [3.63, 3.8) is 0 Å². The Bertz CT molecular complexity index is 493. The molecule has 0 aromatic carbocycles. The number of hydrogen-bond donors (Lipinski definition) is 0. The fraction of sp³-hybridized carbons (Fsp3) is 0.111. The van der Waals surface area contributed by atoms with Gasteiger partial charge in [-0.05, 0) is 12.1 Å². The Morgan fingerprint density at radius 2 is 2.62 bits per heavy atom. The molecule has 13 heavy (non-hydrogen) atoms. The highest BCUT2D eigenvalue weighted by atomic mass is 16.5. The van der Waals surface area contributed by atoms with Crippen LogP contribution in [0.2, 0.25) is 0 Å². The lowest BCUT2D eigenvalue weighted by Crippen LogP contribution is -2.01. The molecule has 0 aliphatic rings. The number of hydrogen-bond acceptors (Lipinski definition) is 3. The van der Waals surface area contributed by atoms with E-state index in [0.29, 0.717) is 11.2 Å². The van der Waals surface area contributed by atoms with Crippen LogP contribution in [0.15, 0.2) is 30.7 Å². The summed E-state index contributed by atoms with van der Waals surface area (Å²) in [7, 11) is 1.33. The van der Waals surface area contributed by atoms with Gasteiger partial charge in [-0.3, -0.25) is 0 Å². The predicted molar refractivity (Wildman–Crippen MR) is 46.5 cm³/mol. The number of ether oxygens (including phenoxy) is 1. The Morgan fingerprint density at radius 3 is 3.38 bits per heavy atom. The SMILES string of the molecule is [2H]c1cnc2cc(C(=O)OC)ccn12. The van der Waals surface area contributed by atoms with E-state index in [-0.39, 0.29) is 6.17 Å². The van der Waals surface area contributed by atoms with Gasteiger partial charge in [-0.15, -0.1) is 0 Å². The Balaban J connectivity index is 2.57. The number of nitrogens with zero attached hydrogens (tertiary/aromatic N) is 2. The van der Waals surface area contributed by atoms with Crippen molar-refractivity contribution in [3.05, 3.63) is 36.3 Å². The number of methoxy groups -OCH3 is 1. The predicted octanol–water partition coefficient (Wildman–Crippen LogP) is 1.12. The van der Waals surface area contributed by atoms with Gasteiger partial charge in [-0.25, -0.2) is 9.78 Å². The zero-order chi connectivity index (χ0) is 10.1. The third-order valence-corrected chi connectivity index (χ3v) is 1.75. The van der Waals surface area contributed by atoms with Gasteiger partial charge in [0, 0.05) is 18.6 Å². The summed E-state index contributed by atoms with van der Waals surface area (Å²) in [4.78, 5) is 15.1. The Hall–Kier alpha value is -1.84. The van der Waals surface area contributed by atoms with Crippen LogP contribution in [0.1, 0.15) is 11.7 Å². The number of esters is 1. The van der Waals surface area contributed by atoms with Crippen LogP contribution < -0.4 is 0 Å². The van der Waals surface area contributed by atoms with Crippen LogP contribution >= 0.6 is 0 Å². The van der Waals surface area contributed by atoms with Gasteiger partial charge in [0.25, 0.3) is 0 Å². The van der Waals surface area contributed by atoms with E-state index in [1.807, 2.05) is 0 Å². The molecule has 0 aliphatic heterocycles. The first-order valence-electron chi connectivity index (χ1n) is 4.24. The second kappa shape index (κ2) is 2.90. The van der Waals surface area contributed by atoms with Crippen molar-refractivity contribution < 1.29 is 10.9 Å². The van der Waals surface area contributed by atoms with Gasteiger partial charge in [-0.2, -0.15) is 0 Å². The summed E-state index contributed by atoms with van der Waals surface area (Å²) < 4.78 is 13.6. The van der Waals surface area contributed by atoms with Gasteiger partial charge >= 0.3 is 5.97 Å². The molecule has 2 rings (SSSR count). The Labute approximate surface area is 76.2 Å². The Morgan fingerprint density at radius 1 is 1.77 bits per heavy atom. The lowest BCUT2D eigenvalue weighted by atomic mass is 10.3. The normalized spacial score (nSPS) is 11.3. The first kappa shape index (κ1) is 6.65. The van der Waals surface area contributed by atoms with E-state index >= 15 is 0 Å². The third kappa shape index (κ3) is 1.26. The van der Waals surface area contributed by atoms with Crippen molar-refractivity contribution in [3.8, 4) is 0 Å². The lowest BCUT2D eigenvalue weighted by Gasteiger charge is -1.98. The first-order chi connectivity index (χ1) is 6.72. The topological polar surface area (TPSA) is 43.6 Å². The average Bonchev–Trinajstić information content (AvgIpc) is 2.59. The minimum atomic E-state index is -0.401. The maximum Gasteiger partial charge on any atom is 0.338 e. The summed E-state index contributed by atoms with van der Waals surface area (Å²) in [6.45, 7) is 0. The van der Waals surface area contributed by atoms with Crippen LogP contribution in [0, 0.1) is 0 Å². The quantitative estimate of drug-likeness (QED) is 0.613. The lowest BCUT2D eigenvalue weighted by molar-refractivity contribution is 0.0600. The number of rotatable bonds is 1. The van der Waals surface area contributed by atoms with Crippen molar-refractivity contribution >= 4 is 11.6 Å². The second-order valence-electron chi connectivity index (χ2n) is 2.52. The number of fused-ring (bicyclic) bond motifs is 1. The molecule has 0 atom stereocenters. The molecule has 0 amide bonds. The number of pyridine rings is 1. The molecule has 4 nitrogen and oxygen atoms in total. The third-order valence-electron chi connectivity index (χ3n) is 1.75. The van der Waals surface area contributed by atoms with E-state index < -0.39 is 5.97 Å². The van der Waals surface area contributed by atoms with E-state index in [1.165, 1.54) is 13.3 Å². The molecular formula is C9H8N2O2. The zero-order valence-corrected chi connectivity index (χ0v) is 7.02. The second-order valence-corrected chi connectivity index (χ2v) is 2.52. The number of carbonyl (C=O) groups excluding carboxylic acids is 1. The molecule has 2 heterocycles. The van der Waals surface area contributed by atoms with Crippen molar-refractivity contribution in [1.82, 2.24) is 9.38 Å². The molecule has 0 N–H and O–H groups in total. The van der Waals surface area contributed by atoms with Crippen LogP contribution in [0.4, 0.5) is 0 Å². The van der Waals surface area contributed by atoms with E-state index in [0.717, 1.165) is 0 Å². The van der Waals surface area contributed by atoms with Crippen LogP contribution in [-0.4, -0.2) is 22.5 Å². The van der Waals surface area contributed by atoms with Crippen molar-refractivity contribution in [2.75, 3.05) is 7.11 Å². The van der Waals surface area contributed by atoms with Crippen molar-refractivity contribution in [2.24, 2.45) is 0 Å². The minimum Gasteiger partial charge on any atom is -0.465 e. The fourth-order valence-electron chi connectivity index (χ4n) is 1.10. The summed E-state index contributed by atoms with van der Waals surface area (Å²) in [5, 5.41) is 0. The highest BCUT2D eigenvalue weighted by Gasteiger charge is 2.05. The molecule has 0 bridgehead atoms. The minimum absolute atomic E-state index is 0.288. The molecule has 0 fully saturated rings. The molecule has 0 spiro atoms. The van der Waals surface area contributed by atoms with E-state index in [2.05, 4.69) is 9.72 Å². The van der Waals surface area contributed by atoms with Crippen LogP contribution in [0.5, 0.6) is 0 Å². The van der Waals surface area contributed by atoms with Crippen molar-refractivity contribution in [1.29, 1.82) is 0 Å².